The molecule has 1 rings (SSSR count). The van der Waals surface area contributed by atoms with Crippen LogP contribution in [0, 0.1) is 5.92 Å². The number of nitrogens with two attached hydrogens (primary N) is 1. The second-order valence-electron chi connectivity index (χ2n) is 6.71. The van der Waals surface area contributed by atoms with Gasteiger partial charge in [0.2, 0.25) is 5.91 Å². The van der Waals surface area contributed by atoms with Crippen LogP contribution in [0.4, 0.5) is 0 Å². The average Bonchev–Trinajstić information content (AvgIpc) is 2.51. The average molecular weight is 407 g/mol. The third-order valence-corrected chi connectivity index (χ3v) is 3.56. The van der Waals surface area contributed by atoms with Crippen LogP contribution in [0.15, 0.2) is 24.3 Å². The first-order chi connectivity index (χ1) is 11.3. The van der Waals surface area contributed by atoms with E-state index in [4.69, 9.17) is 5.73 Å². The number of benzene rings is 1. The number of amides is 2. The molecule has 6 nitrogen and oxygen atoms in total. The van der Waals surface area contributed by atoms with Gasteiger partial charge in [-0.15, -0.1) is 24.8 Å². The summed E-state index contributed by atoms with van der Waals surface area (Å²) in [5, 5.41) is 5.70. The van der Waals surface area contributed by atoms with E-state index in [1.165, 1.54) is 0 Å². The van der Waals surface area contributed by atoms with E-state index in [9.17, 15) is 9.59 Å². The number of hydrogen-bond donors (Lipinski definition) is 3. The molecule has 0 heterocycles. The molecule has 8 heteroatoms. The fourth-order valence-electron chi connectivity index (χ4n) is 2.25. The molecule has 26 heavy (non-hydrogen) atoms. The first-order valence-electron chi connectivity index (χ1n) is 8.34. The van der Waals surface area contributed by atoms with Gasteiger partial charge in [-0.2, -0.15) is 0 Å². The van der Waals surface area contributed by atoms with E-state index in [0.29, 0.717) is 31.0 Å². The lowest BCUT2D eigenvalue weighted by molar-refractivity contribution is -0.122. The minimum Gasteiger partial charge on any atom is -0.351 e. The molecule has 0 saturated heterocycles. The molecule has 2 amide bonds. The van der Waals surface area contributed by atoms with Crippen molar-refractivity contribution < 1.29 is 9.59 Å². The number of carbonyl (C=O) groups excluding carboxylic acids is 2. The van der Waals surface area contributed by atoms with Crippen molar-refractivity contribution >= 4 is 36.6 Å². The molecule has 150 valence electrons. The Labute approximate surface area is 169 Å². The van der Waals surface area contributed by atoms with Crippen LogP contribution >= 0.6 is 24.8 Å². The molecule has 0 spiro atoms. The van der Waals surface area contributed by atoms with E-state index in [1.54, 1.807) is 12.1 Å². The normalized spacial score (nSPS) is 11.3. The van der Waals surface area contributed by atoms with Crippen molar-refractivity contribution in [1.82, 2.24) is 15.5 Å². The molecule has 0 aliphatic carbocycles. The third kappa shape index (κ3) is 10.6. The van der Waals surface area contributed by atoms with E-state index in [0.717, 1.165) is 12.1 Å². The monoisotopic (exact) mass is 406 g/mol. The van der Waals surface area contributed by atoms with E-state index < -0.39 is 6.04 Å². The fourth-order valence-corrected chi connectivity index (χ4v) is 2.25. The highest BCUT2D eigenvalue weighted by Crippen LogP contribution is 2.06. The number of nitrogens with one attached hydrogen (secondary N) is 2. The molecule has 1 aromatic carbocycles. The van der Waals surface area contributed by atoms with Crippen molar-refractivity contribution in [3.63, 3.8) is 0 Å². The summed E-state index contributed by atoms with van der Waals surface area (Å²) >= 11 is 0. The lowest BCUT2D eigenvalue weighted by Crippen LogP contribution is -2.41. The highest BCUT2D eigenvalue weighted by Gasteiger charge is 2.14. The number of hydrogen-bond acceptors (Lipinski definition) is 4. The number of nitrogens with zero attached hydrogens (tertiary/aromatic N) is 1. The molecule has 1 atom stereocenters. The van der Waals surface area contributed by atoms with Crippen LogP contribution in [0.3, 0.4) is 0 Å². The van der Waals surface area contributed by atoms with Gasteiger partial charge in [0.25, 0.3) is 5.91 Å². The summed E-state index contributed by atoms with van der Waals surface area (Å²) in [6, 6.07) is 6.75. The Morgan fingerprint density at radius 2 is 1.81 bits per heavy atom. The van der Waals surface area contributed by atoms with Gasteiger partial charge in [-0.05, 0) is 44.1 Å². The van der Waals surface area contributed by atoms with Crippen LogP contribution in [-0.4, -0.2) is 49.9 Å². The lowest BCUT2D eigenvalue weighted by Gasteiger charge is -2.14. The summed E-state index contributed by atoms with van der Waals surface area (Å²) < 4.78 is 0. The molecule has 0 aromatic heterocycles. The number of halogens is 2. The maximum absolute atomic E-state index is 12.1. The van der Waals surface area contributed by atoms with E-state index in [2.05, 4.69) is 10.6 Å². The topological polar surface area (TPSA) is 87.5 Å². The van der Waals surface area contributed by atoms with Crippen LogP contribution in [0.5, 0.6) is 0 Å². The van der Waals surface area contributed by atoms with E-state index in [-0.39, 0.29) is 36.6 Å². The van der Waals surface area contributed by atoms with Crippen molar-refractivity contribution in [2.45, 2.75) is 32.9 Å². The molecule has 0 aliphatic heterocycles. The summed E-state index contributed by atoms with van der Waals surface area (Å²) in [7, 11) is 3.92. The van der Waals surface area contributed by atoms with Gasteiger partial charge >= 0.3 is 0 Å². The summed E-state index contributed by atoms with van der Waals surface area (Å²) in [6.45, 7) is 5.81. The fraction of sp³-hybridized carbons (Fsp3) is 0.556. The van der Waals surface area contributed by atoms with Crippen molar-refractivity contribution in [3.05, 3.63) is 35.4 Å². The largest absolute Gasteiger partial charge is 0.351 e. The molecule has 0 aliphatic rings. The third-order valence-electron chi connectivity index (χ3n) is 3.56. The molecule has 0 fully saturated rings. The second-order valence-corrected chi connectivity index (χ2v) is 6.71. The first-order valence-corrected chi connectivity index (χ1v) is 8.34. The first kappa shape index (κ1) is 26.9. The van der Waals surface area contributed by atoms with E-state index in [1.807, 2.05) is 45.0 Å². The molecule has 4 N–H and O–H groups in total. The molecule has 0 unspecified atom stereocenters. The minimum absolute atomic E-state index is 0. The SMILES string of the molecule is CC(C)C[C@H](N)C(=O)NCc1cccc(C(=O)NCCN(C)C)c1.Cl.Cl. The van der Waals surface area contributed by atoms with Gasteiger partial charge in [0.1, 0.15) is 0 Å². The van der Waals surface area contributed by atoms with Crippen LogP contribution < -0.4 is 16.4 Å². The van der Waals surface area contributed by atoms with Crippen molar-refractivity contribution in [1.29, 1.82) is 0 Å². The zero-order valence-electron chi connectivity index (χ0n) is 16.0. The maximum Gasteiger partial charge on any atom is 0.251 e. The molecule has 0 radical (unpaired) electrons. The van der Waals surface area contributed by atoms with Crippen LogP contribution in [0.2, 0.25) is 0 Å². The lowest BCUT2D eigenvalue weighted by atomic mass is 10.0. The van der Waals surface area contributed by atoms with Gasteiger partial charge in [0.15, 0.2) is 0 Å². The molecular weight excluding hydrogens is 375 g/mol. The van der Waals surface area contributed by atoms with Crippen LogP contribution in [0.25, 0.3) is 0 Å². The Morgan fingerprint density at radius 3 is 2.38 bits per heavy atom. The molecule has 0 saturated carbocycles. The van der Waals surface area contributed by atoms with E-state index >= 15 is 0 Å². The Hall–Kier alpha value is -1.34. The quantitative estimate of drug-likeness (QED) is 0.583. The van der Waals surface area contributed by atoms with Gasteiger partial charge in [0.05, 0.1) is 6.04 Å². The Balaban J connectivity index is 0. The molecule has 0 bridgehead atoms. The zero-order valence-corrected chi connectivity index (χ0v) is 17.6. The van der Waals surface area contributed by atoms with Crippen LogP contribution in [0.1, 0.15) is 36.2 Å². The minimum atomic E-state index is -0.498. The number of carbonyl (C=O) groups is 2. The molecular formula is C18H32Cl2N4O2. The van der Waals surface area contributed by atoms with Crippen molar-refractivity contribution in [3.8, 4) is 0 Å². The second kappa shape index (κ2) is 13.8. The number of rotatable bonds is 9. The maximum atomic E-state index is 12.1. The predicted octanol–water partition coefficient (Wildman–Crippen LogP) is 1.81. The van der Waals surface area contributed by atoms with Gasteiger partial charge in [-0.1, -0.05) is 26.0 Å². The van der Waals surface area contributed by atoms with Crippen molar-refractivity contribution in [2.75, 3.05) is 27.2 Å². The van der Waals surface area contributed by atoms with Gasteiger partial charge in [-0.25, -0.2) is 0 Å². The zero-order chi connectivity index (χ0) is 18.1. The highest BCUT2D eigenvalue weighted by molar-refractivity contribution is 5.94. The smallest absolute Gasteiger partial charge is 0.251 e. The van der Waals surface area contributed by atoms with Crippen LogP contribution in [-0.2, 0) is 11.3 Å². The highest BCUT2D eigenvalue weighted by atomic mass is 35.5. The number of likely N-dealkylation sites (N-methyl/N-ethyl adjacent to an activating group) is 1. The van der Waals surface area contributed by atoms with Gasteiger partial charge in [-0.3, -0.25) is 9.59 Å². The predicted molar refractivity (Wildman–Crippen MR) is 111 cm³/mol. The standard InChI is InChI=1S/C18H30N4O2.2ClH/c1-13(2)10-16(19)18(24)21-12-14-6-5-7-15(11-14)17(23)20-8-9-22(3)4;;/h5-7,11,13,16H,8-10,12,19H2,1-4H3,(H,20,23)(H,21,24);2*1H/t16-;;/m0../s1. The van der Waals surface area contributed by atoms with Crippen molar-refractivity contribution in [2.24, 2.45) is 11.7 Å². The Bertz CT molecular complexity index is 554. The summed E-state index contributed by atoms with van der Waals surface area (Å²) in [5.41, 5.74) is 7.32. The Morgan fingerprint density at radius 1 is 1.15 bits per heavy atom. The van der Waals surface area contributed by atoms with Gasteiger partial charge < -0.3 is 21.3 Å². The summed E-state index contributed by atoms with van der Waals surface area (Å²) in [6.07, 6.45) is 0.653. The summed E-state index contributed by atoms with van der Waals surface area (Å²) in [4.78, 5) is 26.1. The van der Waals surface area contributed by atoms with Gasteiger partial charge in [0, 0.05) is 25.2 Å². The molecule has 1 aromatic rings. The summed E-state index contributed by atoms with van der Waals surface area (Å²) in [5.74, 6) is 0.103. The Kier molecular flexibility index (Phi) is 14.3.